The molecule has 1 aromatic rings. The van der Waals surface area contributed by atoms with Gasteiger partial charge in [0.2, 0.25) is 4.27 Å². The van der Waals surface area contributed by atoms with Crippen molar-refractivity contribution in [1.82, 2.24) is 0 Å². The minimum atomic E-state index is -0.620. The van der Waals surface area contributed by atoms with Crippen molar-refractivity contribution < 1.29 is 9.94 Å². The summed E-state index contributed by atoms with van der Waals surface area (Å²) in [7, 11) is 1.67. The molecule has 1 aromatic carbocycles. The second-order valence-electron chi connectivity index (χ2n) is 4.02. The smallest absolute Gasteiger partial charge is 0.207 e. The van der Waals surface area contributed by atoms with Crippen LogP contribution < -0.4 is 0 Å². The summed E-state index contributed by atoms with van der Waals surface area (Å²) in [6.07, 6.45) is 4.09. The average molecular weight is 283 g/mol. The average Bonchev–Trinajstić information content (AvgIpc) is 2.41. The number of hydrogen-bond acceptors (Lipinski definition) is 5. The van der Waals surface area contributed by atoms with Crippen molar-refractivity contribution in [3.8, 4) is 0 Å². The maximum absolute atomic E-state index is 9.43. The molecule has 1 aliphatic rings. The Labute approximate surface area is 116 Å². The Kier molecular flexibility index (Phi) is 4.59. The Morgan fingerprint density at radius 3 is 2.89 bits per heavy atom. The van der Waals surface area contributed by atoms with E-state index in [0.717, 1.165) is 24.2 Å². The highest BCUT2D eigenvalue weighted by Crippen LogP contribution is 2.42. The van der Waals surface area contributed by atoms with E-state index in [9.17, 15) is 5.21 Å². The Morgan fingerprint density at radius 2 is 2.22 bits per heavy atom. The van der Waals surface area contributed by atoms with Crippen LogP contribution in [0.4, 0.5) is 0 Å². The second-order valence-corrected chi connectivity index (χ2v) is 6.54. The molecule has 0 aromatic heterocycles. The van der Waals surface area contributed by atoms with Crippen molar-refractivity contribution in [3.63, 3.8) is 0 Å². The van der Waals surface area contributed by atoms with E-state index in [1.54, 1.807) is 30.6 Å². The number of oxime groups is 1. The fraction of sp³-hybridized carbons (Fsp3) is 0.462. The molecule has 1 aliphatic heterocycles. The maximum Gasteiger partial charge on any atom is 0.207 e. The fourth-order valence-corrected chi connectivity index (χ4v) is 4.38. The molecule has 5 heteroatoms. The van der Waals surface area contributed by atoms with E-state index in [1.165, 1.54) is 5.56 Å². The SMILES string of the molecule is COC1(SC)SCCCc2ccccc2/C1=N\O. The first kappa shape index (κ1) is 13.8. The molecular formula is C13H17NO2S2. The highest BCUT2D eigenvalue weighted by molar-refractivity contribution is 8.18. The molecule has 0 amide bonds. The quantitative estimate of drug-likeness (QED) is 0.514. The van der Waals surface area contributed by atoms with Gasteiger partial charge in [0.05, 0.1) is 0 Å². The lowest BCUT2D eigenvalue weighted by Crippen LogP contribution is -2.36. The molecule has 1 heterocycles. The minimum absolute atomic E-state index is 0.609. The third-order valence-corrected chi connectivity index (χ3v) is 6.07. The summed E-state index contributed by atoms with van der Waals surface area (Å²) in [5, 5.41) is 13.0. The molecule has 1 unspecified atom stereocenters. The van der Waals surface area contributed by atoms with E-state index in [1.807, 2.05) is 24.5 Å². The molecule has 0 radical (unpaired) electrons. The molecule has 1 atom stereocenters. The Bertz CT molecular complexity index is 444. The van der Waals surface area contributed by atoms with Crippen molar-refractivity contribution in [2.75, 3.05) is 19.1 Å². The molecule has 0 saturated carbocycles. The van der Waals surface area contributed by atoms with Crippen LogP contribution in [0.25, 0.3) is 0 Å². The highest BCUT2D eigenvalue weighted by atomic mass is 32.2. The number of rotatable bonds is 2. The van der Waals surface area contributed by atoms with Crippen molar-refractivity contribution in [2.24, 2.45) is 5.16 Å². The Hall–Kier alpha value is -0.650. The van der Waals surface area contributed by atoms with Crippen LogP contribution in [-0.2, 0) is 11.2 Å². The normalized spacial score (nSPS) is 26.4. The molecule has 18 heavy (non-hydrogen) atoms. The van der Waals surface area contributed by atoms with Crippen molar-refractivity contribution in [2.45, 2.75) is 17.1 Å². The van der Waals surface area contributed by atoms with Crippen molar-refractivity contribution in [3.05, 3.63) is 35.4 Å². The van der Waals surface area contributed by atoms with Crippen LogP contribution in [0.2, 0.25) is 0 Å². The van der Waals surface area contributed by atoms with Gasteiger partial charge in [0.15, 0.2) is 0 Å². The van der Waals surface area contributed by atoms with Crippen LogP contribution in [0.3, 0.4) is 0 Å². The Morgan fingerprint density at radius 1 is 1.44 bits per heavy atom. The van der Waals surface area contributed by atoms with Gasteiger partial charge in [-0.3, -0.25) is 0 Å². The van der Waals surface area contributed by atoms with Crippen LogP contribution in [0, 0.1) is 0 Å². The molecule has 1 N–H and O–H groups in total. The Balaban J connectivity index is 2.56. The monoisotopic (exact) mass is 283 g/mol. The number of nitrogens with zero attached hydrogens (tertiary/aromatic N) is 1. The van der Waals surface area contributed by atoms with E-state index in [0.29, 0.717) is 5.71 Å². The van der Waals surface area contributed by atoms with Gasteiger partial charge < -0.3 is 9.94 Å². The highest BCUT2D eigenvalue weighted by Gasteiger charge is 2.39. The lowest BCUT2D eigenvalue weighted by Gasteiger charge is -2.32. The number of benzene rings is 1. The minimum Gasteiger partial charge on any atom is -0.410 e. The predicted molar refractivity (Wildman–Crippen MR) is 78.8 cm³/mol. The molecule has 0 spiro atoms. The van der Waals surface area contributed by atoms with Crippen molar-refractivity contribution in [1.29, 1.82) is 0 Å². The fourth-order valence-electron chi connectivity index (χ4n) is 2.18. The van der Waals surface area contributed by atoms with Crippen LogP contribution >= 0.6 is 23.5 Å². The number of thioether (sulfide) groups is 2. The molecular weight excluding hydrogens is 266 g/mol. The number of aryl methyl sites for hydroxylation is 1. The third-order valence-electron chi connectivity index (χ3n) is 3.08. The topological polar surface area (TPSA) is 41.8 Å². The van der Waals surface area contributed by atoms with Gasteiger partial charge in [0, 0.05) is 12.7 Å². The molecule has 3 nitrogen and oxygen atoms in total. The summed E-state index contributed by atoms with van der Waals surface area (Å²) in [4.78, 5) is 0. The predicted octanol–water partition coefficient (Wildman–Crippen LogP) is 3.21. The maximum atomic E-state index is 9.43. The van der Waals surface area contributed by atoms with Gasteiger partial charge in [0.1, 0.15) is 5.71 Å². The van der Waals surface area contributed by atoms with Gasteiger partial charge in [-0.05, 0) is 30.4 Å². The van der Waals surface area contributed by atoms with Gasteiger partial charge in [-0.25, -0.2) is 0 Å². The summed E-state index contributed by atoms with van der Waals surface area (Å²) in [6, 6.07) is 8.09. The molecule has 98 valence electrons. The van der Waals surface area contributed by atoms with Crippen LogP contribution in [0.1, 0.15) is 17.5 Å². The van der Waals surface area contributed by atoms with Gasteiger partial charge in [-0.15, -0.1) is 23.5 Å². The van der Waals surface area contributed by atoms with Crippen LogP contribution in [-0.4, -0.2) is 34.3 Å². The van der Waals surface area contributed by atoms with E-state index >= 15 is 0 Å². The summed E-state index contributed by atoms with van der Waals surface area (Å²) in [5.41, 5.74) is 2.82. The lowest BCUT2D eigenvalue weighted by atomic mass is 9.99. The zero-order chi connectivity index (χ0) is 13.0. The number of ether oxygens (including phenoxy) is 1. The summed E-state index contributed by atoms with van der Waals surface area (Å²) in [6.45, 7) is 0. The van der Waals surface area contributed by atoms with E-state index in [4.69, 9.17) is 4.74 Å². The zero-order valence-corrected chi connectivity index (χ0v) is 12.2. The van der Waals surface area contributed by atoms with E-state index in [2.05, 4.69) is 11.2 Å². The lowest BCUT2D eigenvalue weighted by molar-refractivity contribution is 0.191. The molecule has 2 rings (SSSR count). The first-order chi connectivity index (χ1) is 8.77. The molecule has 0 aliphatic carbocycles. The summed E-state index contributed by atoms with van der Waals surface area (Å²) >= 11 is 3.25. The van der Waals surface area contributed by atoms with Gasteiger partial charge in [-0.2, -0.15) is 0 Å². The van der Waals surface area contributed by atoms with Gasteiger partial charge >= 0.3 is 0 Å². The molecule has 0 saturated heterocycles. The van der Waals surface area contributed by atoms with Crippen LogP contribution in [0.15, 0.2) is 29.4 Å². The van der Waals surface area contributed by atoms with E-state index in [-0.39, 0.29) is 0 Å². The number of hydrogen-bond donors (Lipinski definition) is 1. The first-order valence-electron chi connectivity index (χ1n) is 5.82. The third kappa shape index (κ3) is 2.39. The second kappa shape index (κ2) is 5.99. The summed E-state index contributed by atoms with van der Waals surface area (Å²) < 4.78 is 5.04. The van der Waals surface area contributed by atoms with Gasteiger partial charge in [0.25, 0.3) is 0 Å². The number of fused-ring (bicyclic) bond motifs is 1. The van der Waals surface area contributed by atoms with Crippen molar-refractivity contribution >= 4 is 29.2 Å². The molecule has 0 fully saturated rings. The summed E-state index contributed by atoms with van der Waals surface area (Å²) in [5.74, 6) is 0.988. The first-order valence-corrected chi connectivity index (χ1v) is 8.03. The largest absolute Gasteiger partial charge is 0.410 e. The molecule has 0 bridgehead atoms. The van der Waals surface area contributed by atoms with E-state index < -0.39 is 4.27 Å². The zero-order valence-electron chi connectivity index (χ0n) is 10.5. The number of methoxy groups -OCH3 is 1. The van der Waals surface area contributed by atoms with Gasteiger partial charge in [-0.1, -0.05) is 29.4 Å². The standard InChI is InChI=1S/C13H17NO2S2/c1-16-13(17-2)12(14-15)11-8-4-3-6-10(11)7-5-9-18-13/h3-4,6,8,15H,5,7,9H2,1-2H3/b14-12+. The van der Waals surface area contributed by atoms with Crippen LogP contribution in [0.5, 0.6) is 0 Å².